The maximum absolute atomic E-state index is 12.4. The average Bonchev–Trinajstić information content (AvgIpc) is 2.76. The van der Waals surface area contributed by atoms with Crippen LogP contribution in [0.2, 0.25) is 0 Å². The number of hydrogen-bond donors (Lipinski definition) is 2. The molecule has 0 aliphatic rings. The van der Waals surface area contributed by atoms with Gasteiger partial charge >= 0.3 is 0 Å². The second kappa shape index (κ2) is 5.77. The van der Waals surface area contributed by atoms with Gasteiger partial charge in [0.15, 0.2) is 5.03 Å². The number of nitrogen functional groups attached to an aromatic ring is 1. The minimum atomic E-state index is -3.73. The summed E-state index contributed by atoms with van der Waals surface area (Å²) in [7, 11) is -3.73. The molecule has 1 heterocycles. The van der Waals surface area contributed by atoms with Gasteiger partial charge in [-0.15, -0.1) is 0 Å². The lowest BCUT2D eigenvalue weighted by molar-refractivity contribution is 0.597. The molecule has 0 saturated carbocycles. The molecule has 0 aliphatic heterocycles. The maximum atomic E-state index is 12.4. The van der Waals surface area contributed by atoms with Crippen LogP contribution in [-0.4, -0.2) is 18.0 Å². The molecule has 0 radical (unpaired) electrons. The van der Waals surface area contributed by atoms with Gasteiger partial charge in [-0.2, -0.15) is 8.42 Å². The van der Waals surface area contributed by atoms with E-state index in [2.05, 4.69) is 9.71 Å². The van der Waals surface area contributed by atoms with E-state index in [4.69, 9.17) is 5.73 Å². The largest absolute Gasteiger partial charge is 0.397 e. The number of aromatic nitrogens is 2. The van der Waals surface area contributed by atoms with Crippen LogP contribution >= 0.6 is 0 Å². The SMILES string of the molecule is CCCn1cc(S(=O)(=O)Nc2ccc(C)cc2N)nc1C. The van der Waals surface area contributed by atoms with E-state index in [0.29, 0.717) is 17.2 Å². The molecule has 0 spiro atoms. The Balaban J connectivity index is 2.32. The molecule has 21 heavy (non-hydrogen) atoms. The molecule has 0 atom stereocenters. The second-order valence-corrected chi connectivity index (χ2v) is 6.65. The standard InChI is InChI=1S/C14H20N4O2S/c1-4-7-18-9-14(16-11(18)3)21(19,20)17-13-6-5-10(2)8-12(13)15/h5-6,8-9,17H,4,7,15H2,1-3H3. The molecule has 2 rings (SSSR count). The first-order valence-corrected chi connectivity index (χ1v) is 8.24. The van der Waals surface area contributed by atoms with Gasteiger partial charge in [0.05, 0.1) is 11.4 Å². The van der Waals surface area contributed by atoms with E-state index in [1.54, 1.807) is 31.3 Å². The number of benzene rings is 1. The number of imidazole rings is 1. The van der Waals surface area contributed by atoms with Gasteiger partial charge in [0, 0.05) is 12.7 Å². The first-order valence-electron chi connectivity index (χ1n) is 6.76. The van der Waals surface area contributed by atoms with Gasteiger partial charge in [-0.1, -0.05) is 13.0 Å². The maximum Gasteiger partial charge on any atom is 0.281 e. The zero-order valence-electron chi connectivity index (χ0n) is 12.4. The lowest BCUT2D eigenvalue weighted by Gasteiger charge is -2.09. The van der Waals surface area contributed by atoms with Crippen molar-refractivity contribution in [1.82, 2.24) is 9.55 Å². The summed E-state index contributed by atoms with van der Waals surface area (Å²) in [6.07, 6.45) is 2.46. The van der Waals surface area contributed by atoms with Crippen LogP contribution in [0.1, 0.15) is 24.7 Å². The molecular weight excluding hydrogens is 288 g/mol. The zero-order chi connectivity index (χ0) is 15.6. The summed E-state index contributed by atoms with van der Waals surface area (Å²) < 4.78 is 29.0. The number of rotatable bonds is 5. The average molecular weight is 308 g/mol. The first-order chi connectivity index (χ1) is 9.83. The Hall–Kier alpha value is -2.02. The third-order valence-electron chi connectivity index (χ3n) is 3.15. The second-order valence-electron chi connectivity index (χ2n) is 5.02. The van der Waals surface area contributed by atoms with Crippen LogP contribution in [0.15, 0.2) is 29.4 Å². The van der Waals surface area contributed by atoms with Gasteiger partial charge < -0.3 is 10.3 Å². The molecule has 0 amide bonds. The predicted octanol–water partition coefficient (Wildman–Crippen LogP) is 2.29. The van der Waals surface area contributed by atoms with Crippen LogP contribution in [0, 0.1) is 13.8 Å². The molecule has 7 heteroatoms. The molecule has 1 aromatic carbocycles. The molecule has 0 saturated heterocycles. The van der Waals surface area contributed by atoms with Crippen LogP contribution in [-0.2, 0) is 16.6 Å². The highest BCUT2D eigenvalue weighted by atomic mass is 32.2. The van der Waals surface area contributed by atoms with Crippen molar-refractivity contribution in [2.45, 2.75) is 38.8 Å². The van der Waals surface area contributed by atoms with Crippen molar-refractivity contribution in [3.05, 3.63) is 35.8 Å². The highest BCUT2D eigenvalue weighted by Crippen LogP contribution is 2.23. The van der Waals surface area contributed by atoms with Crippen LogP contribution in [0.5, 0.6) is 0 Å². The summed E-state index contributed by atoms with van der Waals surface area (Å²) in [6, 6.07) is 5.17. The van der Waals surface area contributed by atoms with Crippen molar-refractivity contribution in [1.29, 1.82) is 0 Å². The summed E-state index contributed by atoms with van der Waals surface area (Å²) in [6.45, 7) is 6.44. The Morgan fingerprint density at radius 1 is 1.33 bits per heavy atom. The third-order valence-corrected chi connectivity index (χ3v) is 4.38. The van der Waals surface area contributed by atoms with E-state index in [9.17, 15) is 8.42 Å². The van der Waals surface area contributed by atoms with Crippen molar-refractivity contribution in [3.63, 3.8) is 0 Å². The lowest BCUT2D eigenvalue weighted by Crippen LogP contribution is -2.14. The number of sulfonamides is 1. The van der Waals surface area contributed by atoms with E-state index >= 15 is 0 Å². The van der Waals surface area contributed by atoms with Crippen molar-refractivity contribution in [2.24, 2.45) is 0 Å². The molecule has 0 fully saturated rings. The van der Waals surface area contributed by atoms with Crippen molar-refractivity contribution < 1.29 is 8.42 Å². The van der Waals surface area contributed by atoms with Crippen molar-refractivity contribution in [3.8, 4) is 0 Å². The lowest BCUT2D eigenvalue weighted by atomic mass is 10.2. The highest BCUT2D eigenvalue weighted by Gasteiger charge is 2.20. The number of nitrogens with zero attached hydrogens (tertiary/aromatic N) is 2. The molecule has 1 aromatic heterocycles. The van der Waals surface area contributed by atoms with Crippen LogP contribution in [0.3, 0.4) is 0 Å². The van der Waals surface area contributed by atoms with Crippen molar-refractivity contribution in [2.75, 3.05) is 10.5 Å². The Kier molecular flexibility index (Phi) is 4.22. The molecule has 114 valence electrons. The number of nitrogens with one attached hydrogen (secondary N) is 1. The normalized spacial score (nSPS) is 11.6. The predicted molar refractivity (Wildman–Crippen MR) is 83.7 cm³/mol. The first kappa shape index (κ1) is 15.4. The molecule has 6 nitrogen and oxygen atoms in total. The van der Waals surface area contributed by atoms with Crippen LogP contribution in [0.25, 0.3) is 0 Å². The van der Waals surface area contributed by atoms with E-state index in [-0.39, 0.29) is 5.03 Å². The fourth-order valence-electron chi connectivity index (χ4n) is 2.05. The van der Waals surface area contributed by atoms with Gasteiger partial charge in [-0.05, 0) is 38.0 Å². The van der Waals surface area contributed by atoms with Crippen LogP contribution < -0.4 is 10.5 Å². The Morgan fingerprint density at radius 3 is 2.67 bits per heavy atom. The Labute approximate surface area is 125 Å². The Morgan fingerprint density at radius 2 is 2.05 bits per heavy atom. The summed E-state index contributed by atoms with van der Waals surface area (Å²) in [4.78, 5) is 4.12. The fourth-order valence-corrected chi connectivity index (χ4v) is 3.15. The minimum Gasteiger partial charge on any atom is -0.397 e. The van der Waals surface area contributed by atoms with Gasteiger partial charge in [0.1, 0.15) is 5.82 Å². The number of nitrogens with two attached hydrogens (primary N) is 1. The number of anilines is 2. The fraction of sp³-hybridized carbons (Fsp3) is 0.357. The quantitative estimate of drug-likeness (QED) is 0.829. The van der Waals surface area contributed by atoms with Gasteiger partial charge in [-0.3, -0.25) is 4.72 Å². The van der Waals surface area contributed by atoms with Crippen molar-refractivity contribution >= 4 is 21.4 Å². The molecule has 0 bridgehead atoms. The van der Waals surface area contributed by atoms with Gasteiger partial charge in [0.25, 0.3) is 10.0 Å². The molecular formula is C14H20N4O2S. The van der Waals surface area contributed by atoms with E-state index in [1.165, 1.54) is 0 Å². The summed E-state index contributed by atoms with van der Waals surface area (Å²) in [5.74, 6) is 0.675. The number of hydrogen-bond acceptors (Lipinski definition) is 4. The van der Waals surface area contributed by atoms with Gasteiger partial charge in [0.2, 0.25) is 0 Å². The van der Waals surface area contributed by atoms with E-state index in [1.807, 2.05) is 18.4 Å². The van der Waals surface area contributed by atoms with E-state index in [0.717, 1.165) is 18.5 Å². The third kappa shape index (κ3) is 3.36. The monoisotopic (exact) mass is 308 g/mol. The topological polar surface area (TPSA) is 90.0 Å². The van der Waals surface area contributed by atoms with Crippen LogP contribution in [0.4, 0.5) is 11.4 Å². The van der Waals surface area contributed by atoms with E-state index < -0.39 is 10.0 Å². The minimum absolute atomic E-state index is 0.00780. The summed E-state index contributed by atoms with van der Waals surface area (Å²) in [5, 5.41) is 0.00780. The zero-order valence-corrected chi connectivity index (χ0v) is 13.2. The summed E-state index contributed by atoms with van der Waals surface area (Å²) >= 11 is 0. The Bertz CT molecular complexity index is 750. The molecule has 0 aliphatic carbocycles. The number of aryl methyl sites for hydroxylation is 3. The smallest absolute Gasteiger partial charge is 0.281 e. The summed E-state index contributed by atoms with van der Waals surface area (Å²) in [5.41, 5.74) is 7.56. The molecule has 2 aromatic rings. The molecule has 3 N–H and O–H groups in total. The van der Waals surface area contributed by atoms with Gasteiger partial charge in [-0.25, -0.2) is 4.98 Å². The molecule has 0 unspecified atom stereocenters. The highest BCUT2D eigenvalue weighted by molar-refractivity contribution is 7.92.